The Hall–Kier alpha value is -3.17. The van der Waals surface area contributed by atoms with Gasteiger partial charge in [-0.05, 0) is 68.0 Å². The molecule has 1 aromatic carbocycles. The quantitative estimate of drug-likeness (QED) is 0.488. The Balaban J connectivity index is 1.24. The molecule has 2 fully saturated rings. The molecule has 35 heavy (non-hydrogen) atoms. The number of carbonyl (C=O) groups excluding carboxylic acids is 2. The molecule has 0 aliphatic carbocycles. The number of hydrogen-bond donors (Lipinski definition) is 2. The largest absolute Gasteiger partial charge is 0.381 e. The second-order valence-corrected chi connectivity index (χ2v) is 10.1. The summed E-state index contributed by atoms with van der Waals surface area (Å²) in [6.07, 6.45) is 6.13. The summed E-state index contributed by atoms with van der Waals surface area (Å²) in [7, 11) is 0. The number of anilines is 3. The zero-order valence-corrected chi connectivity index (χ0v) is 20.7. The zero-order valence-electron chi connectivity index (χ0n) is 19.9. The molecule has 0 radical (unpaired) electrons. The summed E-state index contributed by atoms with van der Waals surface area (Å²) >= 11 is 1.47. The Bertz CT molecular complexity index is 1170. The summed E-state index contributed by atoms with van der Waals surface area (Å²) in [5.41, 5.74) is 3.53. The van der Waals surface area contributed by atoms with E-state index in [0.29, 0.717) is 16.7 Å². The van der Waals surface area contributed by atoms with Crippen molar-refractivity contribution in [1.82, 2.24) is 9.55 Å². The van der Waals surface area contributed by atoms with Crippen molar-refractivity contribution >= 4 is 39.7 Å². The van der Waals surface area contributed by atoms with Crippen LogP contribution >= 0.6 is 11.3 Å². The molecule has 2 saturated heterocycles. The second kappa shape index (κ2) is 10.6. The number of ether oxygens (including phenoxy) is 1. The van der Waals surface area contributed by atoms with Gasteiger partial charge in [0.2, 0.25) is 5.91 Å². The molecule has 9 heteroatoms. The lowest BCUT2D eigenvalue weighted by atomic mass is 10.0. The smallest absolute Gasteiger partial charge is 0.274 e. The number of carbonyl (C=O) groups is 2. The van der Waals surface area contributed by atoms with E-state index in [9.17, 15) is 9.59 Å². The molecule has 3 aromatic rings. The van der Waals surface area contributed by atoms with E-state index in [-0.39, 0.29) is 17.9 Å². The van der Waals surface area contributed by atoms with Crippen LogP contribution in [0.5, 0.6) is 0 Å². The highest BCUT2D eigenvalue weighted by atomic mass is 32.1. The van der Waals surface area contributed by atoms with Gasteiger partial charge in [-0.15, -0.1) is 11.3 Å². The van der Waals surface area contributed by atoms with Crippen molar-refractivity contribution in [2.45, 2.75) is 45.2 Å². The number of rotatable bonds is 7. The molecular formula is C26H31N5O3S. The molecule has 5 rings (SSSR count). The summed E-state index contributed by atoms with van der Waals surface area (Å²) in [5.74, 6) is 0.333. The van der Waals surface area contributed by atoms with Crippen LogP contribution in [0.2, 0.25) is 0 Å². The van der Waals surface area contributed by atoms with E-state index in [1.807, 2.05) is 52.5 Å². The Kier molecular flexibility index (Phi) is 7.15. The average Bonchev–Trinajstić information content (AvgIpc) is 3.61. The van der Waals surface area contributed by atoms with Gasteiger partial charge in [0.15, 0.2) is 5.13 Å². The fraction of sp³-hybridized carbons (Fsp3) is 0.423. The van der Waals surface area contributed by atoms with Crippen molar-refractivity contribution in [2.75, 3.05) is 35.3 Å². The summed E-state index contributed by atoms with van der Waals surface area (Å²) in [4.78, 5) is 31.4. The van der Waals surface area contributed by atoms with Crippen LogP contribution in [0.15, 0.2) is 48.0 Å². The van der Waals surface area contributed by atoms with Crippen molar-refractivity contribution in [3.05, 3.63) is 59.4 Å². The molecule has 2 aromatic heterocycles. The monoisotopic (exact) mass is 493 g/mol. The minimum Gasteiger partial charge on any atom is -0.381 e. The van der Waals surface area contributed by atoms with Crippen LogP contribution in [0.25, 0.3) is 0 Å². The minimum atomic E-state index is -0.125. The normalized spacial score (nSPS) is 18.5. The van der Waals surface area contributed by atoms with Crippen LogP contribution < -0.4 is 15.5 Å². The van der Waals surface area contributed by atoms with E-state index in [4.69, 9.17) is 9.72 Å². The first-order valence-electron chi connectivity index (χ1n) is 12.2. The van der Waals surface area contributed by atoms with E-state index in [1.54, 1.807) is 0 Å². The van der Waals surface area contributed by atoms with Gasteiger partial charge in [0.25, 0.3) is 5.91 Å². The maximum Gasteiger partial charge on any atom is 0.274 e. The molecule has 8 nitrogen and oxygen atoms in total. The lowest BCUT2D eigenvalue weighted by Gasteiger charge is -2.25. The molecule has 4 heterocycles. The molecule has 2 N–H and O–H groups in total. The van der Waals surface area contributed by atoms with Gasteiger partial charge in [0.1, 0.15) is 5.69 Å². The fourth-order valence-corrected chi connectivity index (χ4v) is 5.72. The van der Waals surface area contributed by atoms with Gasteiger partial charge in [-0.3, -0.25) is 14.9 Å². The third kappa shape index (κ3) is 5.57. The fourth-order valence-electron chi connectivity index (χ4n) is 4.97. The topological polar surface area (TPSA) is 88.5 Å². The number of benzene rings is 1. The maximum atomic E-state index is 13.0. The third-order valence-corrected chi connectivity index (χ3v) is 7.49. The molecule has 1 atom stereocenters. The van der Waals surface area contributed by atoms with Crippen LogP contribution in [0, 0.1) is 5.92 Å². The molecule has 184 valence electrons. The van der Waals surface area contributed by atoms with Crippen molar-refractivity contribution < 1.29 is 14.3 Å². The van der Waals surface area contributed by atoms with Crippen LogP contribution in [0.3, 0.4) is 0 Å². The average molecular weight is 494 g/mol. The Morgan fingerprint density at radius 3 is 2.69 bits per heavy atom. The summed E-state index contributed by atoms with van der Waals surface area (Å²) < 4.78 is 7.51. The number of nitrogens with zero attached hydrogens (tertiary/aromatic N) is 3. The van der Waals surface area contributed by atoms with E-state index < -0.39 is 0 Å². The van der Waals surface area contributed by atoms with E-state index >= 15 is 0 Å². The lowest BCUT2D eigenvalue weighted by molar-refractivity contribution is -0.114. The van der Waals surface area contributed by atoms with Crippen LogP contribution in [-0.2, 0) is 16.1 Å². The van der Waals surface area contributed by atoms with Crippen molar-refractivity contribution in [3.63, 3.8) is 0 Å². The predicted molar refractivity (Wildman–Crippen MR) is 138 cm³/mol. The number of aromatic nitrogens is 2. The van der Waals surface area contributed by atoms with Gasteiger partial charge in [0.05, 0.1) is 11.7 Å². The van der Waals surface area contributed by atoms with Crippen molar-refractivity contribution in [2.24, 2.45) is 5.92 Å². The van der Waals surface area contributed by atoms with Crippen molar-refractivity contribution in [3.8, 4) is 0 Å². The highest BCUT2D eigenvalue weighted by molar-refractivity contribution is 7.14. The Morgan fingerprint density at radius 1 is 1.11 bits per heavy atom. The molecule has 0 spiro atoms. The maximum absolute atomic E-state index is 13.0. The number of thiazole rings is 1. The number of hydrogen-bond acceptors (Lipinski definition) is 6. The summed E-state index contributed by atoms with van der Waals surface area (Å²) in [6, 6.07) is 11.9. The highest BCUT2D eigenvalue weighted by Crippen LogP contribution is 2.37. The van der Waals surface area contributed by atoms with Gasteiger partial charge < -0.3 is 19.5 Å². The van der Waals surface area contributed by atoms with E-state index in [1.165, 1.54) is 18.3 Å². The minimum absolute atomic E-state index is 0.0790. The Morgan fingerprint density at radius 2 is 1.91 bits per heavy atom. The Labute approximate surface area is 209 Å². The molecule has 1 unspecified atom stereocenters. The molecular weight excluding hydrogens is 462 g/mol. The predicted octanol–water partition coefficient (Wildman–Crippen LogP) is 4.92. The first-order valence-corrected chi connectivity index (χ1v) is 13.1. The van der Waals surface area contributed by atoms with Crippen molar-refractivity contribution in [1.29, 1.82) is 0 Å². The van der Waals surface area contributed by atoms with Gasteiger partial charge in [-0.25, -0.2) is 4.98 Å². The molecule has 2 amide bonds. The molecule has 0 saturated carbocycles. The second-order valence-electron chi connectivity index (χ2n) is 9.21. The summed E-state index contributed by atoms with van der Waals surface area (Å²) in [6.45, 7) is 4.88. The van der Waals surface area contributed by atoms with Gasteiger partial charge in [-0.1, -0.05) is 0 Å². The SMILES string of the molecule is CC(=O)Nc1ccc(N2CCCC2c2csc(NC(=O)c3cccn3CC3CCOCC3)n2)cc1. The third-order valence-electron chi connectivity index (χ3n) is 6.71. The highest BCUT2D eigenvalue weighted by Gasteiger charge is 2.28. The number of nitrogens with one attached hydrogen (secondary N) is 2. The van der Waals surface area contributed by atoms with Gasteiger partial charge in [-0.2, -0.15) is 0 Å². The first kappa shape index (κ1) is 23.6. The van der Waals surface area contributed by atoms with Crippen LogP contribution in [-0.4, -0.2) is 41.1 Å². The zero-order chi connectivity index (χ0) is 24.2. The van der Waals surface area contributed by atoms with Crippen LogP contribution in [0.1, 0.15) is 54.8 Å². The standard InChI is InChI=1S/C26H31N5O3S/c1-18(32)27-20-6-8-21(9-7-20)31-13-3-4-23(31)22-17-35-26(28-22)29-25(33)24-5-2-12-30(24)16-19-10-14-34-15-11-19/h2,5-9,12,17,19,23H,3-4,10-11,13-16H2,1H3,(H,27,32)(H,28,29,33). The summed E-state index contributed by atoms with van der Waals surface area (Å²) in [5, 5.41) is 8.49. The van der Waals surface area contributed by atoms with Crippen LogP contribution in [0.4, 0.5) is 16.5 Å². The first-order chi connectivity index (χ1) is 17.1. The molecule has 2 aliphatic rings. The molecule has 2 aliphatic heterocycles. The lowest BCUT2D eigenvalue weighted by Crippen LogP contribution is -2.24. The molecule has 0 bridgehead atoms. The van der Waals surface area contributed by atoms with E-state index in [0.717, 1.165) is 69.1 Å². The van der Waals surface area contributed by atoms with E-state index in [2.05, 4.69) is 15.5 Å². The van der Waals surface area contributed by atoms with Gasteiger partial charge >= 0.3 is 0 Å². The van der Waals surface area contributed by atoms with Gasteiger partial charge in [0, 0.05) is 56.2 Å². The number of amides is 2.